The Labute approximate surface area is 147 Å². The zero-order valence-corrected chi connectivity index (χ0v) is 14.9. The molecule has 2 heterocycles. The quantitative estimate of drug-likeness (QED) is 0.783. The monoisotopic (exact) mass is 348 g/mol. The van der Waals surface area contributed by atoms with Crippen molar-refractivity contribution in [2.24, 2.45) is 0 Å². The number of carbonyl (C=O) groups is 2. The molecule has 1 amide bonds. The average Bonchev–Trinajstić information content (AvgIpc) is 3.05. The first kappa shape index (κ1) is 17.3. The Hall–Kier alpha value is -1.53. The second-order valence-corrected chi connectivity index (χ2v) is 7.42. The minimum Gasteiger partial charge on any atom is -0.465 e. The molecule has 6 heteroatoms. The van der Waals surface area contributed by atoms with E-state index in [2.05, 4.69) is 9.64 Å². The van der Waals surface area contributed by atoms with Crippen molar-refractivity contribution in [2.45, 2.75) is 18.9 Å². The molecule has 1 aromatic carbocycles. The number of rotatable bonds is 3. The molecule has 2 aliphatic heterocycles. The summed E-state index contributed by atoms with van der Waals surface area (Å²) >= 11 is 2.03. The van der Waals surface area contributed by atoms with Crippen LogP contribution in [0.15, 0.2) is 24.3 Å². The lowest BCUT2D eigenvalue weighted by atomic mass is 10.1. The normalized spacial score (nSPS) is 22.2. The first-order valence-corrected chi connectivity index (χ1v) is 9.64. The molecule has 0 N–H and O–H groups in total. The topological polar surface area (TPSA) is 49.9 Å². The Bertz CT molecular complexity index is 584. The lowest BCUT2D eigenvalue weighted by molar-refractivity contribution is 0.0599. The number of thioether (sulfide) groups is 1. The van der Waals surface area contributed by atoms with E-state index in [-0.39, 0.29) is 11.9 Å². The molecule has 1 aromatic rings. The van der Waals surface area contributed by atoms with Crippen LogP contribution in [0.3, 0.4) is 0 Å². The van der Waals surface area contributed by atoms with Crippen molar-refractivity contribution >= 4 is 23.6 Å². The van der Waals surface area contributed by atoms with Gasteiger partial charge in [0.05, 0.1) is 12.7 Å². The van der Waals surface area contributed by atoms with Gasteiger partial charge in [-0.05, 0) is 42.9 Å². The van der Waals surface area contributed by atoms with E-state index in [0.29, 0.717) is 17.2 Å². The molecule has 0 aliphatic carbocycles. The molecule has 2 saturated heterocycles. The summed E-state index contributed by atoms with van der Waals surface area (Å²) in [4.78, 5) is 28.7. The van der Waals surface area contributed by atoms with Gasteiger partial charge in [0.15, 0.2) is 0 Å². The van der Waals surface area contributed by atoms with Crippen LogP contribution in [0.2, 0.25) is 0 Å². The Morgan fingerprint density at radius 1 is 1.08 bits per heavy atom. The Morgan fingerprint density at radius 2 is 1.83 bits per heavy atom. The van der Waals surface area contributed by atoms with Gasteiger partial charge in [-0.2, -0.15) is 11.8 Å². The van der Waals surface area contributed by atoms with Gasteiger partial charge >= 0.3 is 5.97 Å². The third-order valence-corrected chi connectivity index (χ3v) is 5.94. The van der Waals surface area contributed by atoms with Crippen LogP contribution in [0.5, 0.6) is 0 Å². The molecule has 0 aromatic heterocycles. The number of benzene rings is 1. The van der Waals surface area contributed by atoms with E-state index < -0.39 is 0 Å². The lowest BCUT2D eigenvalue weighted by Crippen LogP contribution is -2.39. The summed E-state index contributed by atoms with van der Waals surface area (Å²) in [5.41, 5.74) is 1.10. The summed E-state index contributed by atoms with van der Waals surface area (Å²) in [5.74, 6) is 2.15. The van der Waals surface area contributed by atoms with Crippen LogP contribution < -0.4 is 0 Å². The van der Waals surface area contributed by atoms with Crippen molar-refractivity contribution in [3.63, 3.8) is 0 Å². The van der Waals surface area contributed by atoms with Gasteiger partial charge in [-0.1, -0.05) is 0 Å². The Kier molecular flexibility index (Phi) is 5.79. The van der Waals surface area contributed by atoms with E-state index >= 15 is 0 Å². The molecular formula is C18H24N2O3S. The van der Waals surface area contributed by atoms with E-state index in [9.17, 15) is 9.59 Å². The van der Waals surface area contributed by atoms with E-state index in [1.165, 1.54) is 25.0 Å². The van der Waals surface area contributed by atoms with Crippen LogP contribution in [0.1, 0.15) is 33.6 Å². The summed E-state index contributed by atoms with van der Waals surface area (Å²) in [5, 5.41) is 0. The molecule has 130 valence electrons. The largest absolute Gasteiger partial charge is 0.465 e. The first-order valence-electron chi connectivity index (χ1n) is 8.48. The molecule has 5 nitrogen and oxygen atoms in total. The maximum atomic E-state index is 12.7. The highest BCUT2D eigenvalue weighted by Crippen LogP contribution is 2.23. The van der Waals surface area contributed by atoms with Crippen LogP contribution in [0.25, 0.3) is 0 Å². The predicted molar refractivity (Wildman–Crippen MR) is 95.6 cm³/mol. The van der Waals surface area contributed by atoms with E-state index in [4.69, 9.17) is 0 Å². The molecule has 0 radical (unpaired) electrons. The summed E-state index contributed by atoms with van der Waals surface area (Å²) in [6, 6.07) is 7.41. The third-order valence-electron chi connectivity index (χ3n) is 4.79. The molecule has 24 heavy (non-hydrogen) atoms. The van der Waals surface area contributed by atoms with Crippen molar-refractivity contribution in [3.05, 3.63) is 35.4 Å². The van der Waals surface area contributed by atoms with Gasteiger partial charge in [-0.15, -0.1) is 0 Å². The highest BCUT2D eigenvalue weighted by Gasteiger charge is 2.26. The third kappa shape index (κ3) is 3.92. The lowest BCUT2D eigenvalue weighted by Gasteiger charge is -2.26. The summed E-state index contributed by atoms with van der Waals surface area (Å²) < 4.78 is 4.69. The number of amides is 1. The van der Waals surface area contributed by atoms with Crippen LogP contribution in [-0.2, 0) is 4.74 Å². The van der Waals surface area contributed by atoms with Gasteiger partial charge in [-0.3, -0.25) is 9.69 Å². The van der Waals surface area contributed by atoms with Crippen molar-refractivity contribution < 1.29 is 14.3 Å². The first-order chi connectivity index (χ1) is 11.7. The molecule has 2 aliphatic rings. The number of hydrogen-bond acceptors (Lipinski definition) is 5. The average molecular weight is 348 g/mol. The maximum Gasteiger partial charge on any atom is 0.337 e. The van der Waals surface area contributed by atoms with Gasteiger partial charge in [0.1, 0.15) is 0 Å². The summed E-state index contributed by atoms with van der Waals surface area (Å²) in [6.07, 6.45) is 2.29. The smallest absolute Gasteiger partial charge is 0.337 e. The minimum absolute atomic E-state index is 0.0501. The van der Waals surface area contributed by atoms with E-state index in [0.717, 1.165) is 32.6 Å². The SMILES string of the molecule is COC(=O)c1ccc(C(=O)N2CCCN(C3CCSC3)CC2)cc1. The van der Waals surface area contributed by atoms with E-state index in [1.54, 1.807) is 24.3 Å². The van der Waals surface area contributed by atoms with Crippen molar-refractivity contribution in [3.8, 4) is 0 Å². The van der Waals surface area contributed by atoms with Crippen LogP contribution >= 0.6 is 11.8 Å². The van der Waals surface area contributed by atoms with E-state index in [1.807, 2.05) is 16.7 Å². The molecule has 0 spiro atoms. The van der Waals surface area contributed by atoms with Gasteiger partial charge < -0.3 is 9.64 Å². The maximum absolute atomic E-state index is 12.7. The number of methoxy groups -OCH3 is 1. The fourth-order valence-electron chi connectivity index (χ4n) is 3.37. The second-order valence-electron chi connectivity index (χ2n) is 6.27. The fourth-order valence-corrected chi connectivity index (χ4v) is 4.62. The van der Waals surface area contributed by atoms with Gasteiger partial charge in [0.25, 0.3) is 5.91 Å². The number of carbonyl (C=O) groups excluding carboxylic acids is 2. The summed E-state index contributed by atoms with van der Waals surface area (Å²) in [6.45, 7) is 3.61. The number of ether oxygens (including phenoxy) is 1. The van der Waals surface area contributed by atoms with Crippen molar-refractivity contribution in [1.29, 1.82) is 0 Å². The molecule has 1 atom stereocenters. The number of hydrogen-bond donors (Lipinski definition) is 0. The van der Waals surface area contributed by atoms with Crippen LogP contribution in [0, 0.1) is 0 Å². The van der Waals surface area contributed by atoms with Crippen LogP contribution in [0.4, 0.5) is 0 Å². The predicted octanol–water partition coefficient (Wildman–Crippen LogP) is 2.13. The standard InChI is InChI=1S/C18H24N2O3S/c1-23-18(22)15-5-3-14(4-6-15)17(21)20-9-2-8-19(10-11-20)16-7-12-24-13-16/h3-6,16H,2,7-13H2,1H3. The fraction of sp³-hybridized carbons (Fsp3) is 0.556. The highest BCUT2D eigenvalue weighted by atomic mass is 32.2. The molecule has 0 bridgehead atoms. The van der Waals surface area contributed by atoms with Gasteiger partial charge in [0.2, 0.25) is 0 Å². The zero-order chi connectivity index (χ0) is 16.9. The van der Waals surface area contributed by atoms with Crippen molar-refractivity contribution in [1.82, 2.24) is 9.80 Å². The molecule has 0 saturated carbocycles. The summed E-state index contributed by atoms with van der Waals surface area (Å²) in [7, 11) is 1.35. The Balaban J connectivity index is 1.61. The molecular weight excluding hydrogens is 324 g/mol. The molecule has 2 fully saturated rings. The van der Waals surface area contributed by atoms with Crippen molar-refractivity contribution in [2.75, 3.05) is 44.8 Å². The zero-order valence-electron chi connectivity index (χ0n) is 14.1. The van der Waals surface area contributed by atoms with Gasteiger partial charge in [0, 0.05) is 43.5 Å². The number of nitrogens with zero attached hydrogens (tertiary/aromatic N) is 2. The number of esters is 1. The highest BCUT2D eigenvalue weighted by molar-refractivity contribution is 7.99. The second kappa shape index (κ2) is 8.03. The molecule has 1 unspecified atom stereocenters. The van der Waals surface area contributed by atoms with Crippen LogP contribution in [-0.4, -0.2) is 72.5 Å². The molecule has 3 rings (SSSR count). The Morgan fingerprint density at radius 3 is 2.50 bits per heavy atom. The minimum atomic E-state index is -0.381. The van der Waals surface area contributed by atoms with Gasteiger partial charge in [-0.25, -0.2) is 4.79 Å².